The molecule has 1 heterocycles. The fourth-order valence-electron chi connectivity index (χ4n) is 1.54. The first-order chi connectivity index (χ1) is 9.27. The second-order valence-corrected chi connectivity index (χ2v) is 6.25. The number of benzene rings is 1. The highest BCUT2D eigenvalue weighted by molar-refractivity contribution is 6.37. The largest absolute Gasteiger partial charge is 0.359 e. The molecule has 0 radical (unpaired) electrons. The first-order valence-corrected chi connectivity index (χ1v) is 6.76. The number of carbonyl (C=O) groups is 1. The summed E-state index contributed by atoms with van der Waals surface area (Å²) in [5.74, 6) is 0.682. The summed E-state index contributed by atoms with van der Waals surface area (Å²) in [6, 6.07) is 6.37. The van der Waals surface area contributed by atoms with E-state index in [9.17, 15) is 4.79 Å². The number of hydrogen-bond acceptors (Lipinski definition) is 3. The summed E-state index contributed by atoms with van der Waals surface area (Å²) in [6.07, 6.45) is 0. The van der Waals surface area contributed by atoms with E-state index < -0.39 is 0 Å². The van der Waals surface area contributed by atoms with Crippen molar-refractivity contribution in [3.05, 3.63) is 45.6 Å². The molecule has 2 aromatic rings. The minimum absolute atomic E-state index is 0.173. The SMILES string of the molecule is CC(C)(C)c1cc(NC(=O)c2ccc(Cl)cc2Cl)no1. The van der Waals surface area contributed by atoms with Crippen molar-refractivity contribution in [2.24, 2.45) is 0 Å². The fraction of sp³-hybridized carbons (Fsp3) is 0.286. The van der Waals surface area contributed by atoms with Gasteiger partial charge in [0, 0.05) is 16.5 Å². The molecule has 0 unspecified atom stereocenters. The smallest absolute Gasteiger partial charge is 0.258 e. The van der Waals surface area contributed by atoms with Crippen LogP contribution in [0.2, 0.25) is 10.0 Å². The molecule has 4 nitrogen and oxygen atoms in total. The van der Waals surface area contributed by atoms with E-state index in [2.05, 4.69) is 10.5 Å². The number of nitrogens with zero attached hydrogens (tertiary/aromatic N) is 1. The molecule has 0 spiro atoms. The molecule has 2 rings (SSSR count). The highest BCUT2D eigenvalue weighted by atomic mass is 35.5. The van der Waals surface area contributed by atoms with E-state index in [-0.39, 0.29) is 16.3 Å². The van der Waals surface area contributed by atoms with Crippen molar-refractivity contribution in [2.45, 2.75) is 26.2 Å². The number of anilines is 1. The van der Waals surface area contributed by atoms with Crippen molar-refractivity contribution in [1.82, 2.24) is 5.16 Å². The zero-order valence-electron chi connectivity index (χ0n) is 11.3. The van der Waals surface area contributed by atoms with Gasteiger partial charge in [0.25, 0.3) is 5.91 Å². The molecule has 0 bridgehead atoms. The molecule has 0 aliphatic heterocycles. The maximum absolute atomic E-state index is 12.1. The lowest BCUT2D eigenvalue weighted by Gasteiger charge is -2.12. The van der Waals surface area contributed by atoms with Gasteiger partial charge in [0.05, 0.1) is 10.6 Å². The van der Waals surface area contributed by atoms with E-state index in [0.717, 1.165) is 0 Å². The third-order valence-corrected chi connectivity index (χ3v) is 3.21. The summed E-state index contributed by atoms with van der Waals surface area (Å²) in [5, 5.41) is 7.22. The van der Waals surface area contributed by atoms with Gasteiger partial charge in [-0.2, -0.15) is 0 Å². The van der Waals surface area contributed by atoms with E-state index >= 15 is 0 Å². The summed E-state index contributed by atoms with van der Waals surface area (Å²) < 4.78 is 5.20. The van der Waals surface area contributed by atoms with Gasteiger partial charge < -0.3 is 9.84 Å². The monoisotopic (exact) mass is 312 g/mol. The van der Waals surface area contributed by atoms with Crippen molar-refractivity contribution < 1.29 is 9.32 Å². The summed E-state index contributed by atoms with van der Waals surface area (Å²) in [4.78, 5) is 12.1. The van der Waals surface area contributed by atoms with Crippen molar-refractivity contribution in [3.63, 3.8) is 0 Å². The van der Waals surface area contributed by atoms with Crippen molar-refractivity contribution in [3.8, 4) is 0 Å². The average Bonchev–Trinajstić information content (AvgIpc) is 2.76. The molecule has 0 saturated heterocycles. The Hall–Kier alpha value is -1.52. The van der Waals surface area contributed by atoms with Crippen LogP contribution in [0.5, 0.6) is 0 Å². The molecule has 0 saturated carbocycles. The van der Waals surface area contributed by atoms with Crippen LogP contribution in [0.3, 0.4) is 0 Å². The molecule has 20 heavy (non-hydrogen) atoms. The number of carbonyl (C=O) groups excluding carboxylic acids is 1. The van der Waals surface area contributed by atoms with Crippen LogP contribution in [-0.4, -0.2) is 11.1 Å². The van der Waals surface area contributed by atoms with E-state index in [1.54, 1.807) is 18.2 Å². The van der Waals surface area contributed by atoms with Gasteiger partial charge in [-0.25, -0.2) is 0 Å². The van der Waals surface area contributed by atoms with Crippen LogP contribution in [0.4, 0.5) is 5.82 Å². The molecular weight excluding hydrogens is 299 g/mol. The molecule has 0 atom stereocenters. The van der Waals surface area contributed by atoms with E-state index in [1.807, 2.05) is 20.8 Å². The van der Waals surface area contributed by atoms with Gasteiger partial charge in [0.2, 0.25) is 0 Å². The summed E-state index contributed by atoms with van der Waals surface area (Å²) >= 11 is 11.8. The Morgan fingerprint density at radius 2 is 1.95 bits per heavy atom. The lowest BCUT2D eigenvalue weighted by molar-refractivity contribution is 0.102. The standard InChI is InChI=1S/C14H14Cl2N2O2/c1-14(2,3)11-7-12(18-20-11)17-13(19)9-5-4-8(15)6-10(9)16/h4-7H,1-3H3,(H,17,18,19). The number of aromatic nitrogens is 1. The van der Waals surface area contributed by atoms with Crippen LogP contribution in [0, 0.1) is 0 Å². The number of halogens is 2. The first-order valence-electron chi connectivity index (χ1n) is 6.01. The average molecular weight is 313 g/mol. The zero-order valence-corrected chi connectivity index (χ0v) is 12.8. The number of nitrogens with one attached hydrogen (secondary N) is 1. The Morgan fingerprint density at radius 1 is 1.25 bits per heavy atom. The normalized spacial score (nSPS) is 11.4. The number of hydrogen-bond donors (Lipinski definition) is 1. The van der Waals surface area contributed by atoms with Crippen molar-refractivity contribution >= 4 is 34.9 Å². The molecule has 0 fully saturated rings. The van der Waals surface area contributed by atoms with Crippen LogP contribution in [0.25, 0.3) is 0 Å². The summed E-state index contributed by atoms with van der Waals surface area (Å²) in [5.41, 5.74) is 0.157. The Labute approximate surface area is 127 Å². The molecule has 106 valence electrons. The van der Waals surface area contributed by atoms with Gasteiger partial charge in [-0.1, -0.05) is 49.1 Å². The fourth-order valence-corrected chi connectivity index (χ4v) is 2.04. The Balaban J connectivity index is 2.17. The van der Waals surface area contributed by atoms with E-state index in [1.165, 1.54) is 6.07 Å². The Kier molecular flexibility index (Phi) is 4.06. The number of amides is 1. The molecule has 1 aromatic carbocycles. The predicted molar refractivity (Wildman–Crippen MR) is 79.6 cm³/mol. The Morgan fingerprint density at radius 3 is 2.50 bits per heavy atom. The van der Waals surface area contributed by atoms with Gasteiger partial charge in [0.1, 0.15) is 5.76 Å². The van der Waals surface area contributed by atoms with Crippen LogP contribution in [-0.2, 0) is 5.41 Å². The van der Waals surface area contributed by atoms with Crippen molar-refractivity contribution in [2.75, 3.05) is 5.32 Å². The van der Waals surface area contributed by atoms with Gasteiger partial charge in [-0.15, -0.1) is 0 Å². The van der Waals surface area contributed by atoms with Gasteiger partial charge >= 0.3 is 0 Å². The topological polar surface area (TPSA) is 55.1 Å². The van der Waals surface area contributed by atoms with Crippen LogP contribution >= 0.6 is 23.2 Å². The minimum Gasteiger partial charge on any atom is -0.359 e. The highest BCUT2D eigenvalue weighted by Gasteiger charge is 2.21. The van der Waals surface area contributed by atoms with E-state index in [4.69, 9.17) is 27.7 Å². The van der Waals surface area contributed by atoms with Gasteiger partial charge in [-0.3, -0.25) is 4.79 Å². The van der Waals surface area contributed by atoms with E-state index in [0.29, 0.717) is 22.2 Å². The number of rotatable bonds is 2. The molecule has 0 aliphatic rings. The van der Waals surface area contributed by atoms with Crippen molar-refractivity contribution in [1.29, 1.82) is 0 Å². The maximum Gasteiger partial charge on any atom is 0.258 e. The quantitative estimate of drug-likeness (QED) is 0.886. The van der Waals surface area contributed by atoms with Gasteiger partial charge in [-0.05, 0) is 18.2 Å². The van der Waals surface area contributed by atoms with Crippen LogP contribution < -0.4 is 5.32 Å². The highest BCUT2D eigenvalue weighted by Crippen LogP contribution is 2.25. The van der Waals surface area contributed by atoms with Crippen LogP contribution in [0.15, 0.2) is 28.8 Å². The second-order valence-electron chi connectivity index (χ2n) is 5.40. The molecule has 1 N–H and O–H groups in total. The zero-order chi connectivity index (χ0) is 14.9. The molecule has 1 amide bonds. The third kappa shape index (κ3) is 3.32. The summed E-state index contributed by atoms with van der Waals surface area (Å²) in [6.45, 7) is 5.99. The van der Waals surface area contributed by atoms with Gasteiger partial charge in [0.15, 0.2) is 5.82 Å². The third-order valence-electron chi connectivity index (χ3n) is 2.67. The minimum atomic E-state index is -0.361. The van der Waals surface area contributed by atoms with Crippen LogP contribution in [0.1, 0.15) is 36.9 Å². The Bertz CT molecular complexity index is 645. The molecule has 1 aromatic heterocycles. The molecule has 6 heteroatoms. The lowest BCUT2D eigenvalue weighted by atomic mass is 9.93. The summed E-state index contributed by atoms with van der Waals surface area (Å²) in [7, 11) is 0. The first kappa shape index (κ1) is 14.9. The predicted octanol–water partition coefficient (Wildman–Crippen LogP) is 4.53. The lowest BCUT2D eigenvalue weighted by Crippen LogP contribution is -2.13. The molecular formula is C14H14Cl2N2O2. The maximum atomic E-state index is 12.1. The second kappa shape index (κ2) is 5.46. The molecule has 0 aliphatic carbocycles.